The highest BCUT2D eigenvalue weighted by atomic mass is 32.2. The van der Waals surface area contributed by atoms with Crippen LogP contribution >= 0.6 is 0 Å². The molecule has 2 fully saturated rings. The molecule has 0 spiro atoms. The molecule has 0 radical (unpaired) electrons. The van der Waals surface area contributed by atoms with Gasteiger partial charge < -0.3 is 0 Å². The summed E-state index contributed by atoms with van der Waals surface area (Å²) in [6.07, 6.45) is 5.78. The van der Waals surface area contributed by atoms with E-state index in [4.69, 9.17) is 4.18 Å². The Bertz CT molecular complexity index is 1520. The second kappa shape index (κ2) is 9.47. The van der Waals surface area contributed by atoms with Crippen molar-refractivity contribution in [2.24, 2.45) is 16.7 Å². The van der Waals surface area contributed by atoms with E-state index in [-0.39, 0.29) is 29.4 Å². The van der Waals surface area contributed by atoms with E-state index in [0.717, 1.165) is 24.7 Å². The molecule has 2 aliphatic rings. The van der Waals surface area contributed by atoms with Crippen LogP contribution in [-0.2, 0) is 31.2 Å². The first-order chi connectivity index (χ1) is 18.3. The molecule has 2 aromatic heterocycles. The van der Waals surface area contributed by atoms with Crippen molar-refractivity contribution in [3.05, 3.63) is 72.1 Å². The third-order valence-electron chi connectivity index (χ3n) is 8.89. The predicted octanol–water partition coefficient (Wildman–Crippen LogP) is 3.93. The lowest BCUT2D eigenvalue weighted by atomic mass is 9.70. The zero-order valence-electron chi connectivity index (χ0n) is 21.6. The molecule has 2 aliphatic carbocycles. The maximum atomic E-state index is 15.5. The highest BCUT2D eigenvalue weighted by molar-refractivity contribution is 7.86. The van der Waals surface area contributed by atoms with Crippen LogP contribution in [0.2, 0.25) is 0 Å². The van der Waals surface area contributed by atoms with Crippen molar-refractivity contribution in [3.8, 4) is 0 Å². The minimum absolute atomic E-state index is 0.0451. The molecule has 0 N–H and O–H groups in total. The maximum absolute atomic E-state index is 15.5. The van der Waals surface area contributed by atoms with E-state index in [0.29, 0.717) is 18.9 Å². The predicted molar refractivity (Wildman–Crippen MR) is 132 cm³/mol. The van der Waals surface area contributed by atoms with Crippen molar-refractivity contribution in [1.82, 2.24) is 24.7 Å². The number of halogens is 3. The van der Waals surface area contributed by atoms with Crippen molar-refractivity contribution in [3.63, 3.8) is 0 Å². The topological polar surface area (TPSA) is 117 Å². The molecule has 2 heterocycles. The van der Waals surface area contributed by atoms with Gasteiger partial charge >= 0.3 is 0 Å². The number of benzene rings is 1. The number of hydrogen-bond donors (Lipinski definition) is 0. The number of carbonyl (C=O) groups is 1. The van der Waals surface area contributed by atoms with Crippen LogP contribution in [0, 0.1) is 34.2 Å². The molecule has 39 heavy (non-hydrogen) atoms. The fourth-order valence-electron chi connectivity index (χ4n) is 6.51. The first kappa shape index (κ1) is 27.4. The van der Waals surface area contributed by atoms with Crippen molar-refractivity contribution in [1.29, 1.82) is 0 Å². The van der Waals surface area contributed by atoms with Gasteiger partial charge in [0.2, 0.25) is 0 Å². The van der Waals surface area contributed by atoms with Crippen LogP contribution in [0.4, 0.5) is 13.2 Å². The molecule has 9 nitrogen and oxygen atoms in total. The number of hydrogen-bond acceptors (Lipinski definition) is 8. The number of fused-ring (bicyclic) bond motifs is 2. The van der Waals surface area contributed by atoms with Gasteiger partial charge in [-0.2, -0.15) is 13.5 Å². The second-order valence-electron chi connectivity index (χ2n) is 11.0. The van der Waals surface area contributed by atoms with Gasteiger partial charge in [0.25, 0.3) is 10.1 Å². The highest BCUT2D eigenvalue weighted by Crippen LogP contribution is 2.64. The average molecular weight is 564 g/mol. The number of Topliss-reactive ketones (excluding diaryl/α,β-unsaturated/α-hetero) is 1. The van der Waals surface area contributed by atoms with Gasteiger partial charge in [0.05, 0.1) is 29.6 Å². The molecule has 2 bridgehead atoms. The van der Waals surface area contributed by atoms with Gasteiger partial charge in [0.15, 0.2) is 5.82 Å². The maximum Gasteiger partial charge on any atom is 0.269 e. The van der Waals surface area contributed by atoms with Crippen LogP contribution in [0.1, 0.15) is 57.2 Å². The van der Waals surface area contributed by atoms with E-state index in [1.807, 2.05) is 13.8 Å². The lowest BCUT2D eigenvalue weighted by Gasteiger charge is -2.41. The number of rotatable bonds is 9. The average Bonchev–Trinajstić information content (AvgIpc) is 3.49. The summed E-state index contributed by atoms with van der Waals surface area (Å²) in [5.74, 6) is -4.89. The first-order valence-corrected chi connectivity index (χ1v) is 14.1. The van der Waals surface area contributed by atoms with Gasteiger partial charge in [-0.05, 0) is 30.2 Å². The van der Waals surface area contributed by atoms with Gasteiger partial charge in [-0.1, -0.05) is 26.8 Å². The van der Waals surface area contributed by atoms with Crippen molar-refractivity contribution >= 4 is 15.9 Å². The van der Waals surface area contributed by atoms with Gasteiger partial charge in [-0.25, -0.2) is 32.8 Å². The molecule has 13 heteroatoms. The number of nitrogens with zero attached hydrogens (tertiary/aromatic N) is 5. The third-order valence-corrected chi connectivity index (χ3v) is 10.3. The second-order valence-corrected chi connectivity index (χ2v) is 12.6. The van der Waals surface area contributed by atoms with Crippen LogP contribution in [0.3, 0.4) is 0 Å². The van der Waals surface area contributed by atoms with E-state index >= 15 is 8.78 Å². The van der Waals surface area contributed by atoms with Gasteiger partial charge in [0, 0.05) is 24.0 Å². The van der Waals surface area contributed by atoms with Gasteiger partial charge in [0.1, 0.15) is 42.0 Å². The number of aromatic nitrogens is 5. The fourth-order valence-corrected chi connectivity index (χ4v) is 8.59. The summed E-state index contributed by atoms with van der Waals surface area (Å²) in [7, 11) is -4.62. The number of ketones is 1. The molecular formula is C26H28F3N5O4S. The van der Waals surface area contributed by atoms with Crippen LogP contribution in [-0.4, -0.2) is 44.7 Å². The Kier molecular flexibility index (Phi) is 6.65. The minimum atomic E-state index is -4.62. The van der Waals surface area contributed by atoms with Crippen molar-refractivity contribution in [2.75, 3.05) is 5.75 Å². The van der Waals surface area contributed by atoms with Crippen LogP contribution in [0.15, 0.2) is 43.4 Å². The third kappa shape index (κ3) is 4.45. The molecule has 2 saturated carbocycles. The largest absolute Gasteiger partial charge is 0.299 e. The Morgan fingerprint density at radius 1 is 1.18 bits per heavy atom. The summed E-state index contributed by atoms with van der Waals surface area (Å²) < 4.78 is 79.6. The van der Waals surface area contributed by atoms with Gasteiger partial charge in [-0.15, -0.1) is 0 Å². The fraction of sp³-hybridized carbons (Fsp3) is 0.500. The SMILES string of the molecule is C[C@@H](c1ncncc1F)[C@@](Cn1cncn1)(OS(=O)(=O)C[C@@]12CC[C@@H](CC1=O)C2(C)C)c1ccc(F)cc1F. The summed E-state index contributed by atoms with van der Waals surface area (Å²) >= 11 is 0. The van der Waals surface area contributed by atoms with E-state index in [1.165, 1.54) is 24.3 Å². The molecule has 5 rings (SSSR count). The molecule has 4 atom stereocenters. The summed E-state index contributed by atoms with van der Waals surface area (Å²) in [4.78, 5) is 24.6. The van der Waals surface area contributed by atoms with Crippen LogP contribution in [0.25, 0.3) is 0 Å². The van der Waals surface area contributed by atoms with Crippen LogP contribution < -0.4 is 0 Å². The number of carbonyl (C=O) groups excluding carboxylic acids is 1. The summed E-state index contributed by atoms with van der Waals surface area (Å²) in [6.45, 7) is 4.74. The molecular weight excluding hydrogens is 535 g/mol. The zero-order valence-corrected chi connectivity index (χ0v) is 22.5. The minimum Gasteiger partial charge on any atom is -0.299 e. The smallest absolute Gasteiger partial charge is 0.269 e. The normalized spacial score (nSPS) is 24.6. The van der Waals surface area contributed by atoms with Crippen molar-refractivity contribution in [2.45, 2.75) is 58.1 Å². The Balaban J connectivity index is 1.68. The molecule has 3 aromatic rings. The molecule has 0 unspecified atom stereocenters. The zero-order chi connectivity index (χ0) is 28.2. The van der Waals surface area contributed by atoms with Gasteiger partial charge in [-0.3, -0.25) is 8.98 Å². The van der Waals surface area contributed by atoms with E-state index in [1.54, 1.807) is 0 Å². The summed E-state index contributed by atoms with van der Waals surface area (Å²) in [5, 5.41) is 4.03. The lowest BCUT2D eigenvalue weighted by Crippen LogP contribution is -2.47. The molecule has 1 aromatic carbocycles. The van der Waals surface area contributed by atoms with E-state index in [9.17, 15) is 17.6 Å². The molecule has 0 saturated heterocycles. The van der Waals surface area contributed by atoms with E-state index in [2.05, 4.69) is 20.1 Å². The Labute approximate surface area is 224 Å². The molecule has 208 valence electrons. The summed E-state index contributed by atoms with van der Waals surface area (Å²) in [6, 6.07) is 2.60. The highest BCUT2D eigenvalue weighted by Gasteiger charge is 2.66. The Morgan fingerprint density at radius 2 is 1.95 bits per heavy atom. The van der Waals surface area contributed by atoms with Crippen molar-refractivity contribution < 1.29 is 30.6 Å². The lowest BCUT2D eigenvalue weighted by molar-refractivity contribution is -0.128. The van der Waals surface area contributed by atoms with E-state index < -0.39 is 62.2 Å². The molecule has 0 amide bonds. The summed E-state index contributed by atoms with van der Waals surface area (Å²) in [5.41, 5.74) is -4.59. The molecule has 0 aliphatic heterocycles. The standard InChI is InChI=1S/C26H28F3N5O4S/c1-16(23-21(29)10-30-13-32-23)26(11-34-15-31-14-33-34,19-5-4-18(27)9-20(19)28)38-39(36,37)12-25-7-6-17(8-22(25)35)24(25,2)3/h4-5,9-10,13-17H,6-8,11-12H2,1-3H3/t16-,17-,25-,26+/m0/s1. The quantitative estimate of drug-likeness (QED) is 0.360. The Hall–Kier alpha value is -3.19. The van der Waals surface area contributed by atoms with Crippen LogP contribution in [0.5, 0.6) is 0 Å². The Morgan fingerprint density at radius 3 is 2.54 bits per heavy atom. The first-order valence-electron chi connectivity index (χ1n) is 12.5. The monoisotopic (exact) mass is 563 g/mol.